The third-order valence-corrected chi connectivity index (χ3v) is 3.52. The summed E-state index contributed by atoms with van der Waals surface area (Å²) in [5.74, 6) is -0.306. The van der Waals surface area contributed by atoms with E-state index in [1.807, 2.05) is 14.0 Å². The van der Waals surface area contributed by atoms with Gasteiger partial charge in [0, 0.05) is 13.2 Å². The molecule has 0 radical (unpaired) electrons. The molecule has 0 aromatic heterocycles. The molecule has 1 aromatic carbocycles. The zero-order valence-electron chi connectivity index (χ0n) is 11.2. The van der Waals surface area contributed by atoms with Crippen LogP contribution in [0, 0.1) is 5.82 Å². The van der Waals surface area contributed by atoms with Gasteiger partial charge in [0.2, 0.25) is 0 Å². The molecule has 2 nitrogen and oxygen atoms in total. The number of halogens is 2. The minimum Gasteiger partial charge on any atom is -0.382 e. The molecule has 2 unspecified atom stereocenters. The van der Waals surface area contributed by atoms with Crippen LogP contribution in [0.1, 0.15) is 25.3 Å². The molecule has 18 heavy (non-hydrogen) atoms. The minimum absolute atomic E-state index is 0.188. The van der Waals surface area contributed by atoms with Crippen molar-refractivity contribution in [1.29, 1.82) is 0 Å². The topological polar surface area (TPSA) is 21.3 Å². The van der Waals surface area contributed by atoms with Crippen molar-refractivity contribution in [1.82, 2.24) is 5.32 Å². The Labute approximate surface area is 113 Å². The van der Waals surface area contributed by atoms with Crippen LogP contribution in [0.4, 0.5) is 4.39 Å². The van der Waals surface area contributed by atoms with Crippen molar-refractivity contribution >= 4 is 11.6 Å². The third kappa shape index (κ3) is 4.56. The summed E-state index contributed by atoms with van der Waals surface area (Å²) >= 11 is 5.78. The number of methoxy groups -OCH3 is 1. The fourth-order valence-electron chi connectivity index (χ4n) is 1.87. The Balaban J connectivity index is 2.59. The highest BCUT2D eigenvalue weighted by atomic mass is 35.5. The van der Waals surface area contributed by atoms with E-state index in [1.54, 1.807) is 25.3 Å². The second-order valence-electron chi connectivity index (χ2n) is 4.53. The lowest BCUT2D eigenvalue weighted by Crippen LogP contribution is -2.29. The quantitative estimate of drug-likeness (QED) is 0.822. The average Bonchev–Trinajstić information content (AvgIpc) is 2.38. The number of benzene rings is 1. The van der Waals surface area contributed by atoms with E-state index in [1.165, 1.54) is 0 Å². The Bertz CT molecular complexity index is 373. The first-order chi connectivity index (χ1) is 8.58. The van der Waals surface area contributed by atoms with E-state index in [0.29, 0.717) is 12.0 Å². The molecule has 1 N–H and O–H groups in total. The minimum atomic E-state index is -0.306. The van der Waals surface area contributed by atoms with Gasteiger partial charge >= 0.3 is 0 Å². The van der Waals surface area contributed by atoms with Crippen molar-refractivity contribution in [3.8, 4) is 0 Å². The maximum absolute atomic E-state index is 13.8. The summed E-state index contributed by atoms with van der Waals surface area (Å²) in [6, 6.07) is 5.37. The lowest BCUT2D eigenvalue weighted by Gasteiger charge is -2.18. The van der Waals surface area contributed by atoms with Gasteiger partial charge in [-0.05, 0) is 44.9 Å². The van der Waals surface area contributed by atoms with Gasteiger partial charge in [0.05, 0.1) is 11.1 Å². The molecule has 1 aromatic rings. The standard InChI is InChI=1S/C14H21ClFNO/c1-10(18-3)7-8-12(17-2)9-11-5-4-6-13(15)14(11)16/h4-6,10,12,17H,7-9H2,1-3H3. The lowest BCUT2D eigenvalue weighted by molar-refractivity contribution is 0.106. The van der Waals surface area contributed by atoms with Gasteiger partial charge in [-0.25, -0.2) is 4.39 Å². The number of hydrogen-bond acceptors (Lipinski definition) is 2. The highest BCUT2D eigenvalue weighted by Gasteiger charge is 2.13. The first-order valence-electron chi connectivity index (χ1n) is 6.21. The van der Waals surface area contributed by atoms with Crippen molar-refractivity contribution in [2.45, 2.75) is 38.3 Å². The smallest absolute Gasteiger partial charge is 0.145 e. The summed E-state index contributed by atoms with van der Waals surface area (Å²) in [7, 11) is 3.60. The van der Waals surface area contributed by atoms with Gasteiger partial charge in [0.25, 0.3) is 0 Å². The molecule has 0 aliphatic carbocycles. The van der Waals surface area contributed by atoms with Crippen LogP contribution in [0.3, 0.4) is 0 Å². The number of rotatable bonds is 7. The summed E-state index contributed by atoms with van der Waals surface area (Å²) in [6.45, 7) is 2.03. The number of hydrogen-bond donors (Lipinski definition) is 1. The molecule has 102 valence electrons. The van der Waals surface area contributed by atoms with Gasteiger partial charge in [-0.15, -0.1) is 0 Å². The van der Waals surface area contributed by atoms with Crippen molar-refractivity contribution in [2.75, 3.05) is 14.2 Å². The maximum atomic E-state index is 13.8. The van der Waals surface area contributed by atoms with Crippen LogP contribution >= 0.6 is 11.6 Å². The van der Waals surface area contributed by atoms with Gasteiger partial charge in [-0.3, -0.25) is 0 Å². The van der Waals surface area contributed by atoms with Gasteiger partial charge in [0.1, 0.15) is 5.82 Å². The largest absolute Gasteiger partial charge is 0.382 e. The summed E-state index contributed by atoms with van der Waals surface area (Å²) in [5.41, 5.74) is 0.659. The van der Waals surface area contributed by atoms with Crippen LogP contribution in [-0.2, 0) is 11.2 Å². The van der Waals surface area contributed by atoms with Crippen LogP contribution in [0.2, 0.25) is 5.02 Å². The Morgan fingerprint density at radius 1 is 1.39 bits per heavy atom. The van der Waals surface area contributed by atoms with E-state index in [2.05, 4.69) is 5.32 Å². The first-order valence-corrected chi connectivity index (χ1v) is 6.59. The monoisotopic (exact) mass is 273 g/mol. The molecular formula is C14H21ClFNO. The Morgan fingerprint density at radius 3 is 2.72 bits per heavy atom. The van der Waals surface area contributed by atoms with Crippen LogP contribution in [0.5, 0.6) is 0 Å². The van der Waals surface area contributed by atoms with Crippen molar-refractivity contribution in [3.63, 3.8) is 0 Å². The number of nitrogens with one attached hydrogen (secondary N) is 1. The van der Waals surface area contributed by atoms with E-state index in [4.69, 9.17) is 16.3 Å². The summed E-state index contributed by atoms with van der Waals surface area (Å²) in [5, 5.41) is 3.40. The summed E-state index contributed by atoms with van der Waals surface area (Å²) in [4.78, 5) is 0. The summed E-state index contributed by atoms with van der Waals surface area (Å²) < 4.78 is 19.0. The number of likely N-dealkylation sites (N-methyl/N-ethyl adjacent to an activating group) is 1. The second-order valence-corrected chi connectivity index (χ2v) is 4.93. The van der Waals surface area contributed by atoms with Gasteiger partial charge < -0.3 is 10.1 Å². The molecule has 0 spiro atoms. The van der Waals surface area contributed by atoms with Crippen molar-refractivity contribution in [2.24, 2.45) is 0 Å². The van der Waals surface area contributed by atoms with E-state index in [0.717, 1.165) is 12.8 Å². The lowest BCUT2D eigenvalue weighted by atomic mass is 10.00. The van der Waals surface area contributed by atoms with Crippen LogP contribution in [0.15, 0.2) is 18.2 Å². The molecule has 0 aliphatic rings. The molecule has 0 aliphatic heterocycles. The molecule has 4 heteroatoms. The SMILES string of the molecule is CNC(CCC(C)OC)Cc1cccc(Cl)c1F. The predicted molar refractivity (Wildman–Crippen MR) is 73.7 cm³/mol. The molecule has 0 heterocycles. The fourth-order valence-corrected chi connectivity index (χ4v) is 2.07. The normalized spacial score (nSPS) is 14.5. The highest BCUT2D eigenvalue weighted by molar-refractivity contribution is 6.30. The molecular weight excluding hydrogens is 253 g/mol. The molecule has 0 bridgehead atoms. The average molecular weight is 274 g/mol. The van der Waals surface area contributed by atoms with Crippen LogP contribution in [0.25, 0.3) is 0 Å². The maximum Gasteiger partial charge on any atom is 0.145 e. The van der Waals surface area contributed by atoms with Crippen molar-refractivity contribution in [3.05, 3.63) is 34.6 Å². The van der Waals surface area contributed by atoms with Gasteiger partial charge in [0.15, 0.2) is 0 Å². The van der Waals surface area contributed by atoms with E-state index in [-0.39, 0.29) is 23.0 Å². The third-order valence-electron chi connectivity index (χ3n) is 3.23. The summed E-state index contributed by atoms with van der Waals surface area (Å²) in [6.07, 6.45) is 2.76. The molecule has 2 atom stereocenters. The van der Waals surface area contributed by atoms with Crippen molar-refractivity contribution < 1.29 is 9.13 Å². The second kappa shape index (κ2) is 7.72. The van der Waals surface area contributed by atoms with Gasteiger partial charge in [-0.2, -0.15) is 0 Å². The first kappa shape index (κ1) is 15.4. The van der Waals surface area contributed by atoms with Crippen LogP contribution < -0.4 is 5.32 Å². The fraction of sp³-hybridized carbons (Fsp3) is 0.571. The molecule has 0 amide bonds. The Kier molecular flexibility index (Phi) is 6.61. The Morgan fingerprint density at radius 2 is 2.11 bits per heavy atom. The van der Waals surface area contributed by atoms with Crippen LogP contribution in [-0.4, -0.2) is 26.3 Å². The zero-order valence-corrected chi connectivity index (χ0v) is 11.9. The van der Waals surface area contributed by atoms with Gasteiger partial charge in [-0.1, -0.05) is 23.7 Å². The molecule has 0 saturated carbocycles. The number of ether oxygens (including phenoxy) is 1. The molecule has 0 fully saturated rings. The predicted octanol–water partition coefficient (Wildman–Crippen LogP) is 3.42. The molecule has 1 rings (SSSR count). The molecule has 0 saturated heterocycles. The Hall–Kier alpha value is -0.640. The highest BCUT2D eigenvalue weighted by Crippen LogP contribution is 2.20. The van der Waals surface area contributed by atoms with E-state index >= 15 is 0 Å². The van der Waals surface area contributed by atoms with E-state index < -0.39 is 0 Å². The van der Waals surface area contributed by atoms with E-state index in [9.17, 15) is 4.39 Å². The zero-order chi connectivity index (χ0) is 13.5.